The average molecular weight is 284 g/mol. The van der Waals surface area contributed by atoms with Crippen LogP contribution in [0.25, 0.3) is 11.0 Å². The molecule has 0 saturated heterocycles. The summed E-state index contributed by atoms with van der Waals surface area (Å²) in [6.07, 6.45) is 1.59. The molecule has 21 heavy (non-hydrogen) atoms. The second-order valence-corrected chi connectivity index (χ2v) is 4.88. The third-order valence-electron chi connectivity index (χ3n) is 3.17. The number of aromatic nitrogens is 3. The Hall–Kier alpha value is -2.63. The number of para-hydroxylation sites is 2. The Balaban J connectivity index is 1.49. The molecule has 1 amide bonds. The maximum Gasteiger partial charge on any atom is 0.273 e. The molecular weight excluding hydrogens is 268 g/mol. The number of aryl methyl sites for hydroxylation is 2. The molecule has 3 aromatic rings. The lowest BCUT2D eigenvalue weighted by atomic mass is 10.3. The normalized spacial score (nSPS) is 10.9. The number of nitrogens with zero attached hydrogens (tertiary/aromatic N) is 2. The Morgan fingerprint density at radius 3 is 3.00 bits per heavy atom. The smallest absolute Gasteiger partial charge is 0.273 e. The van der Waals surface area contributed by atoms with Gasteiger partial charge in [0.05, 0.1) is 11.0 Å². The van der Waals surface area contributed by atoms with Crippen LogP contribution in [0.4, 0.5) is 0 Å². The lowest BCUT2D eigenvalue weighted by Crippen LogP contribution is -2.25. The van der Waals surface area contributed by atoms with Gasteiger partial charge >= 0.3 is 0 Å². The van der Waals surface area contributed by atoms with Gasteiger partial charge in [-0.3, -0.25) is 4.79 Å². The first kappa shape index (κ1) is 13.4. The Kier molecular flexibility index (Phi) is 3.68. The van der Waals surface area contributed by atoms with E-state index < -0.39 is 0 Å². The molecule has 0 unspecified atom stereocenters. The van der Waals surface area contributed by atoms with E-state index in [1.54, 1.807) is 13.0 Å². The minimum Gasteiger partial charge on any atom is -0.361 e. The summed E-state index contributed by atoms with van der Waals surface area (Å²) in [6.45, 7) is 2.33. The molecule has 0 fully saturated rings. The predicted molar refractivity (Wildman–Crippen MR) is 78.0 cm³/mol. The number of aromatic amines is 1. The highest BCUT2D eigenvalue weighted by molar-refractivity contribution is 5.92. The Morgan fingerprint density at radius 1 is 1.38 bits per heavy atom. The highest BCUT2D eigenvalue weighted by atomic mass is 16.5. The van der Waals surface area contributed by atoms with Crippen molar-refractivity contribution in [2.75, 3.05) is 6.54 Å². The standard InChI is InChI=1S/C15H16N4O2/c1-10-9-13(19-21-10)15(20)16-8-4-7-14-17-11-5-2-3-6-12(11)18-14/h2-3,5-6,9H,4,7-8H2,1H3,(H,16,20)(H,17,18). The van der Waals surface area contributed by atoms with Gasteiger partial charge in [0.15, 0.2) is 5.69 Å². The molecule has 1 aromatic carbocycles. The van der Waals surface area contributed by atoms with Crippen LogP contribution in [0.3, 0.4) is 0 Å². The topological polar surface area (TPSA) is 83.8 Å². The Morgan fingerprint density at radius 2 is 2.24 bits per heavy atom. The number of hydrogen-bond acceptors (Lipinski definition) is 4. The molecule has 3 rings (SSSR count). The summed E-state index contributed by atoms with van der Waals surface area (Å²) < 4.78 is 4.87. The number of rotatable bonds is 5. The number of benzene rings is 1. The fourth-order valence-electron chi connectivity index (χ4n) is 2.15. The van der Waals surface area contributed by atoms with Crippen LogP contribution >= 0.6 is 0 Å². The van der Waals surface area contributed by atoms with Crippen LogP contribution in [-0.4, -0.2) is 27.6 Å². The molecule has 0 spiro atoms. The van der Waals surface area contributed by atoms with E-state index in [-0.39, 0.29) is 5.91 Å². The number of carbonyl (C=O) groups is 1. The molecular formula is C15H16N4O2. The van der Waals surface area contributed by atoms with Gasteiger partial charge in [-0.2, -0.15) is 0 Å². The van der Waals surface area contributed by atoms with Crippen molar-refractivity contribution in [1.82, 2.24) is 20.4 Å². The van der Waals surface area contributed by atoms with Crippen LogP contribution in [0.5, 0.6) is 0 Å². The fraction of sp³-hybridized carbons (Fsp3) is 0.267. The largest absolute Gasteiger partial charge is 0.361 e. The highest BCUT2D eigenvalue weighted by Crippen LogP contribution is 2.11. The minimum atomic E-state index is -0.212. The van der Waals surface area contributed by atoms with Gasteiger partial charge in [0.25, 0.3) is 5.91 Å². The molecule has 0 aliphatic carbocycles. The average Bonchev–Trinajstić information content (AvgIpc) is 3.09. The van der Waals surface area contributed by atoms with Gasteiger partial charge in [-0.1, -0.05) is 17.3 Å². The van der Waals surface area contributed by atoms with Gasteiger partial charge in [0, 0.05) is 19.0 Å². The number of amides is 1. The first-order valence-electron chi connectivity index (χ1n) is 6.87. The summed E-state index contributed by atoms with van der Waals surface area (Å²) in [7, 11) is 0. The van der Waals surface area contributed by atoms with E-state index in [0.717, 1.165) is 29.7 Å². The fourth-order valence-corrected chi connectivity index (χ4v) is 2.15. The number of hydrogen-bond donors (Lipinski definition) is 2. The maximum absolute atomic E-state index is 11.8. The number of H-pyrrole nitrogens is 1. The summed E-state index contributed by atoms with van der Waals surface area (Å²) in [4.78, 5) is 19.5. The SMILES string of the molecule is Cc1cc(C(=O)NCCCc2nc3ccccc3[nH]2)no1. The molecule has 0 aliphatic heterocycles. The zero-order valence-electron chi connectivity index (χ0n) is 11.7. The van der Waals surface area contributed by atoms with Crippen molar-refractivity contribution >= 4 is 16.9 Å². The van der Waals surface area contributed by atoms with Crippen LogP contribution in [0.15, 0.2) is 34.9 Å². The van der Waals surface area contributed by atoms with Gasteiger partial charge < -0.3 is 14.8 Å². The summed E-state index contributed by atoms with van der Waals surface area (Å²) in [5.41, 5.74) is 2.32. The summed E-state index contributed by atoms with van der Waals surface area (Å²) in [5.74, 6) is 1.35. The predicted octanol–water partition coefficient (Wildman–Crippen LogP) is 2.22. The van der Waals surface area contributed by atoms with Gasteiger partial charge in [0.1, 0.15) is 11.6 Å². The molecule has 2 N–H and O–H groups in total. The van der Waals surface area contributed by atoms with Crippen LogP contribution in [0.1, 0.15) is 28.5 Å². The van der Waals surface area contributed by atoms with Crippen molar-refractivity contribution in [2.24, 2.45) is 0 Å². The molecule has 2 heterocycles. The first-order valence-corrected chi connectivity index (χ1v) is 6.87. The van der Waals surface area contributed by atoms with Crippen molar-refractivity contribution in [2.45, 2.75) is 19.8 Å². The van der Waals surface area contributed by atoms with E-state index in [1.165, 1.54) is 0 Å². The van der Waals surface area contributed by atoms with E-state index in [1.807, 2.05) is 24.3 Å². The molecule has 0 atom stereocenters. The van der Waals surface area contributed by atoms with Crippen LogP contribution in [0, 0.1) is 6.92 Å². The summed E-state index contributed by atoms with van der Waals surface area (Å²) in [6, 6.07) is 9.54. The molecule has 0 bridgehead atoms. The number of fused-ring (bicyclic) bond motifs is 1. The van der Waals surface area contributed by atoms with Crippen molar-refractivity contribution < 1.29 is 9.32 Å². The third kappa shape index (κ3) is 3.10. The molecule has 6 heteroatoms. The second kappa shape index (κ2) is 5.78. The second-order valence-electron chi connectivity index (χ2n) is 4.88. The third-order valence-corrected chi connectivity index (χ3v) is 3.17. The molecule has 6 nitrogen and oxygen atoms in total. The van der Waals surface area contributed by atoms with E-state index in [2.05, 4.69) is 20.4 Å². The number of nitrogens with one attached hydrogen (secondary N) is 2. The Labute approximate surface area is 121 Å². The van der Waals surface area contributed by atoms with Crippen molar-refractivity contribution in [3.63, 3.8) is 0 Å². The van der Waals surface area contributed by atoms with Gasteiger partial charge in [-0.25, -0.2) is 4.98 Å². The molecule has 0 saturated carbocycles. The zero-order valence-corrected chi connectivity index (χ0v) is 11.7. The lowest BCUT2D eigenvalue weighted by molar-refractivity contribution is 0.0944. The lowest BCUT2D eigenvalue weighted by Gasteiger charge is -2.01. The van der Waals surface area contributed by atoms with Gasteiger partial charge in [-0.05, 0) is 25.5 Å². The molecule has 108 valence electrons. The highest BCUT2D eigenvalue weighted by Gasteiger charge is 2.10. The van der Waals surface area contributed by atoms with E-state index in [4.69, 9.17) is 4.52 Å². The number of imidazole rings is 1. The van der Waals surface area contributed by atoms with Crippen LogP contribution < -0.4 is 5.32 Å². The van der Waals surface area contributed by atoms with Gasteiger partial charge in [0.2, 0.25) is 0 Å². The first-order chi connectivity index (χ1) is 10.2. The van der Waals surface area contributed by atoms with Crippen molar-refractivity contribution in [3.05, 3.63) is 47.6 Å². The monoisotopic (exact) mass is 284 g/mol. The van der Waals surface area contributed by atoms with E-state index >= 15 is 0 Å². The summed E-state index contributed by atoms with van der Waals surface area (Å²) >= 11 is 0. The van der Waals surface area contributed by atoms with E-state index in [0.29, 0.717) is 18.0 Å². The van der Waals surface area contributed by atoms with Crippen molar-refractivity contribution in [1.29, 1.82) is 0 Å². The number of carbonyl (C=O) groups excluding carboxylic acids is 1. The maximum atomic E-state index is 11.8. The molecule has 0 aliphatic rings. The summed E-state index contributed by atoms with van der Waals surface area (Å²) in [5, 5.41) is 6.49. The van der Waals surface area contributed by atoms with Crippen LogP contribution in [0.2, 0.25) is 0 Å². The molecule has 0 radical (unpaired) electrons. The van der Waals surface area contributed by atoms with E-state index in [9.17, 15) is 4.79 Å². The van der Waals surface area contributed by atoms with Crippen molar-refractivity contribution in [3.8, 4) is 0 Å². The zero-order chi connectivity index (χ0) is 14.7. The van der Waals surface area contributed by atoms with Gasteiger partial charge in [-0.15, -0.1) is 0 Å². The quantitative estimate of drug-likeness (QED) is 0.704. The minimum absolute atomic E-state index is 0.212. The van der Waals surface area contributed by atoms with Crippen LogP contribution in [-0.2, 0) is 6.42 Å². The Bertz CT molecular complexity index is 727. The molecule has 2 aromatic heterocycles.